The maximum atomic E-state index is 4.70. The Bertz CT molecular complexity index is 699. The molecule has 0 saturated carbocycles. The van der Waals surface area contributed by atoms with Crippen LogP contribution in [0.1, 0.15) is 31.9 Å². The first kappa shape index (κ1) is 14.6. The summed E-state index contributed by atoms with van der Waals surface area (Å²) in [7, 11) is 0. The van der Waals surface area contributed by atoms with Gasteiger partial charge in [-0.1, -0.05) is 68.3 Å². The van der Waals surface area contributed by atoms with Crippen molar-refractivity contribution in [1.29, 1.82) is 0 Å². The Morgan fingerprint density at radius 2 is 1.55 bits per heavy atom. The van der Waals surface area contributed by atoms with E-state index in [-0.39, 0.29) is 0 Å². The van der Waals surface area contributed by atoms with E-state index >= 15 is 0 Å². The first-order valence-electron chi connectivity index (χ1n) is 8.07. The van der Waals surface area contributed by atoms with Gasteiger partial charge in [-0.25, -0.2) is 4.98 Å². The number of nitrogens with zero attached hydrogens (tertiary/aromatic N) is 2. The van der Waals surface area contributed by atoms with Gasteiger partial charge in [0.2, 0.25) is 0 Å². The van der Waals surface area contributed by atoms with Gasteiger partial charge in [-0.2, -0.15) is 0 Å². The number of rotatable bonds is 6. The zero-order chi connectivity index (χ0) is 15.2. The number of unbranched alkanes of at least 4 members (excludes halogenated alkanes) is 2. The molecule has 0 radical (unpaired) electrons. The van der Waals surface area contributed by atoms with Crippen LogP contribution in [0.5, 0.6) is 0 Å². The van der Waals surface area contributed by atoms with Crippen LogP contribution in [0.4, 0.5) is 0 Å². The van der Waals surface area contributed by atoms with Crippen LogP contribution in [-0.4, -0.2) is 9.55 Å². The second-order valence-electron chi connectivity index (χ2n) is 5.57. The Morgan fingerprint density at radius 1 is 0.864 bits per heavy atom. The number of aromatic nitrogens is 2. The number of benzene rings is 2. The average Bonchev–Trinajstić information content (AvgIpc) is 3.01. The molecular formula is C20H22N2. The predicted octanol–water partition coefficient (Wildman–Crippen LogP) is 5.27. The molecule has 0 fully saturated rings. The number of hydrogen-bond donors (Lipinski definition) is 0. The summed E-state index contributed by atoms with van der Waals surface area (Å²) in [6.07, 6.45) is 6.82. The largest absolute Gasteiger partial charge is 0.297 e. The van der Waals surface area contributed by atoms with E-state index in [0.29, 0.717) is 0 Å². The monoisotopic (exact) mass is 290 g/mol. The van der Waals surface area contributed by atoms with Gasteiger partial charge < -0.3 is 0 Å². The molecule has 1 aromatic heterocycles. The van der Waals surface area contributed by atoms with Gasteiger partial charge in [-0.3, -0.25) is 4.57 Å². The number of para-hydroxylation sites is 1. The topological polar surface area (TPSA) is 17.8 Å². The first-order chi connectivity index (χ1) is 10.9. The van der Waals surface area contributed by atoms with E-state index in [0.717, 1.165) is 17.8 Å². The lowest BCUT2D eigenvalue weighted by molar-refractivity contribution is 0.699. The molecule has 2 heteroatoms. The molecule has 0 amide bonds. The Morgan fingerprint density at radius 3 is 2.23 bits per heavy atom. The third kappa shape index (κ3) is 3.11. The lowest BCUT2D eigenvalue weighted by Gasteiger charge is -2.12. The van der Waals surface area contributed by atoms with Crippen molar-refractivity contribution in [3.05, 3.63) is 72.6 Å². The zero-order valence-electron chi connectivity index (χ0n) is 13.1. The molecule has 112 valence electrons. The maximum absolute atomic E-state index is 4.70. The van der Waals surface area contributed by atoms with Gasteiger partial charge in [0.25, 0.3) is 0 Å². The fourth-order valence-corrected chi connectivity index (χ4v) is 2.78. The molecule has 0 bridgehead atoms. The molecule has 2 nitrogen and oxygen atoms in total. The van der Waals surface area contributed by atoms with Crippen molar-refractivity contribution < 1.29 is 0 Å². The van der Waals surface area contributed by atoms with Crippen molar-refractivity contribution in [2.45, 2.75) is 32.6 Å². The molecule has 0 N–H and O–H groups in total. The summed E-state index contributed by atoms with van der Waals surface area (Å²) in [5, 5.41) is 0. The van der Waals surface area contributed by atoms with E-state index < -0.39 is 0 Å². The molecule has 0 spiro atoms. The van der Waals surface area contributed by atoms with Gasteiger partial charge in [0.05, 0.1) is 0 Å². The quantitative estimate of drug-likeness (QED) is 0.565. The van der Waals surface area contributed by atoms with Crippen molar-refractivity contribution in [1.82, 2.24) is 9.55 Å². The van der Waals surface area contributed by atoms with Gasteiger partial charge >= 0.3 is 0 Å². The molecule has 2 aromatic carbocycles. The van der Waals surface area contributed by atoms with Gasteiger partial charge in [0.15, 0.2) is 0 Å². The molecule has 0 atom stereocenters. The van der Waals surface area contributed by atoms with Crippen molar-refractivity contribution in [2.24, 2.45) is 0 Å². The summed E-state index contributed by atoms with van der Waals surface area (Å²) in [5.74, 6) is 1.03. The Labute approximate surface area is 132 Å². The van der Waals surface area contributed by atoms with Crippen LogP contribution in [0.15, 0.2) is 66.9 Å². The first-order valence-corrected chi connectivity index (χ1v) is 8.07. The van der Waals surface area contributed by atoms with Crippen LogP contribution in [-0.2, 0) is 6.42 Å². The van der Waals surface area contributed by atoms with Crippen molar-refractivity contribution in [3.8, 4) is 17.1 Å². The van der Waals surface area contributed by atoms with Gasteiger partial charge in [-0.15, -0.1) is 0 Å². The summed E-state index contributed by atoms with van der Waals surface area (Å²) in [6, 6.07) is 20.9. The van der Waals surface area contributed by atoms with Crippen LogP contribution < -0.4 is 0 Å². The van der Waals surface area contributed by atoms with E-state index in [1.807, 2.05) is 12.3 Å². The SMILES string of the molecule is CCCCCc1cnc(-c2ccccc2)n1-c1ccccc1. The lowest BCUT2D eigenvalue weighted by atomic mass is 10.1. The third-order valence-electron chi connectivity index (χ3n) is 3.92. The Balaban J connectivity index is 2.04. The van der Waals surface area contributed by atoms with Crippen molar-refractivity contribution >= 4 is 0 Å². The second kappa shape index (κ2) is 7.08. The summed E-state index contributed by atoms with van der Waals surface area (Å²) >= 11 is 0. The van der Waals surface area contributed by atoms with Gasteiger partial charge in [-0.05, 0) is 25.0 Å². The zero-order valence-corrected chi connectivity index (χ0v) is 13.1. The summed E-state index contributed by atoms with van der Waals surface area (Å²) in [5.41, 5.74) is 3.64. The molecular weight excluding hydrogens is 268 g/mol. The van der Waals surface area contributed by atoms with Crippen molar-refractivity contribution in [2.75, 3.05) is 0 Å². The highest BCUT2D eigenvalue weighted by molar-refractivity contribution is 5.59. The van der Waals surface area contributed by atoms with Crippen LogP contribution in [0.3, 0.4) is 0 Å². The summed E-state index contributed by atoms with van der Waals surface area (Å²) in [6.45, 7) is 2.24. The highest BCUT2D eigenvalue weighted by Crippen LogP contribution is 2.25. The number of imidazole rings is 1. The minimum Gasteiger partial charge on any atom is -0.297 e. The van der Waals surface area contributed by atoms with Crippen LogP contribution in [0.25, 0.3) is 17.1 Å². The standard InChI is InChI=1S/C20H22N2/c1-2-3-6-15-19-16-21-20(17-11-7-4-8-12-17)22(19)18-13-9-5-10-14-18/h4-5,7-14,16H,2-3,6,15H2,1H3. The molecule has 0 aliphatic rings. The molecule has 0 aliphatic heterocycles. The van der Waals surface area contributed by atoms with E-state index in [1.54, 1.807) is 0 Å². The van der Waals surface area contributed by atoms with E-state index in [4.69, 9.17) is 4.98 Å². The fourth-order valence-electron chi connectivity index (χ4n) is 2.78. The van der Waals surface area contributed by atoms with Crippen LogP contribution in [0.2, 0.25) is 0 Å². The highest BCUT2D eigenvalue weighted by atomic mass is 15.1. The van der Waals surface area contributed by atoms with Gasteiger partial charge in [0.1, 0.15) is 5.82 Å². The molecule has 3 aromatic rings. The van der Waals surface area contributed by atoms with Crippen LogP contribution >= 0.6 is 0 Å². The molecule has 1 heterocycles. The minimum atomic E-state index is 1.03. The third-order valence-corrected chi connectivity index (χ3v) is 3.92. The van der Waals surface area contributed by atoms with Crippen LogP contribution in [0, 0.1) is 0 Å². The predicted molar refractivity (Wildman–Crippen MR) is 92.2 cm³/mol. The van der Waals surface area contributed by atoms with E-state index in [1.165, 1.54) is 30.6 Å². The minimum absolute atomic E-state index is 1.03. The average molecular weight is 290 g/mol. The molecule has 0 saturated heterocycles. The summed E-state index contributed by atoms with van der Waals surface area (Å²) in [4.78, 5) is 4.70. The Kier molecular flexibility index (Phi) is 4.69. The normalized spacial score (nSPS) is 10.8. The van der Waals surface area contributed by atoms with Gasteiger partial charge in [0, 0.05) is 23.1 Å². The lowest BCUT2D eigenvalue weighted by Crippen LogP contribution is -2.02. The highest BCUT2D eigenvalue weighted by Gasteiger charge is 2.12. The van der Waals surface area contributed by atoms with E-state index in [2.05, 4.69) is 66.1 Å². The smallest absolute Gasteiger partial charge is 0.144 e. The van der Waals surface area contributed by atoms with Crippen molar-refractivity contribution in [3.63, 3.8) is 0 Å². The van der Waals surface area contributed by atoms with E-state index in [9.17, 15) is 0 Å². The maximum Gasteiger partial charge on any atom is 0.144 e. The Hall–Kier alpha value is -2.35. The number of hydrogen-bond acceptors (Lipinski definition) is 1. The molecule has 22 heavy (non-hydrogen) atoms. The molecule has 3 rings (SSSR count). The summed E-state index contributed by atoms with van der Waals surface area (Å²) < 4.78 is 2.30. The molecule has 0 aliphatic carbocycles. The second-order valence-corrected chi connectivity index (χ2v) is 5.57. The fraction of sp³-hybridized carbons (Fsp3) is 0.250. The molecule has 0 unspecified atom stereocenters. The number of aryl methyl sites for hydroxylation is 1.